The minimum Gasteiger partial charge on any atom is -0.262 e. The van der Waals surface area contributed by atoms with Crippen molar-refractivity contribution in [3.8, 4) is 0 Å². The Bertz CT molecular complexity index is 1380. The molecule has 0 aromatic heterocycles. The summed E-state index contributed by atoms with van der Waals surface area (Å²) >= 11 is 18.4. The maximum absolute atomic E-state index is 13.6. The van der Waals surface area contributed by atoms with Crippen LogP contribution in [-0.2, 0) is 29.9 Å². The topological polar surface area (TPSA) is 118 Å². The van der Waals surface area contributed by atoms with E-state index in [0.29, 0.717) is 5.02 Å². The summed E-state index contributed by atoms with van der Waals surface area (Å²) in [7, 11) is -11.1. The van der Waals surface area contributed by atoms with Gasteiger partial charge in [-0.2, -0.15) is 0 Å². The van der Waals surface area contributed by atoms with Gasteiger partial charge in [0.1, 0.15) is 0 Å². The van der Waals surface area contributed by atoms with Crippen molar-refractivity contribution >= 4 is 70.4 Å². The predicted molar refractivity (Wildman–Crippen MR) is 140 cm³/mol. The van der Waals surface area contributed by atoms with Gasteiger partial charge in [-0.15, -0.1) is 0 Å². The number of halogens is 3. The standard InChI is InChI=1S/C21H25Cl3N2O6S3/c1-15(3-2-11-34(29,30)25-18-10-12-33(27,28)14-18)26(21-13-17(23)6-9-20(21)24)35(31,32)19-7-4-16(22)5-8-19/h4-9,13,15,18,25H,2-3,10-12,14H2,1H3/t15?,18-/m1/s1. The fourth-order valence-electron chi connectivity index (χ4n) is 3.87. The summed E-state index contributed by atoms with van der Waals surface area (Å²) in [6.45, 7) is 1.65. The van der Waals surface area contributed by atoms with E-state index in [1.54, 1.807) is 6.92 Å². The van der Waals surface area contributed by atoms with Crippen LogP contribution in [0.15, 0.2) is 47.4 Å². The van der Waals surface area contributed by atoms with Crippen LogP contribution in [-0.4, -0.2) is 54.6 Å². The minimum absolute atomic E-state index is 0.0125. The molecule has 1 fully saturated rings. The van der Waals surface area contributed by atoms with Crippen molar-refractivity contribution in [2.75, 3.05) is 21.6 Å². The highest BCUT2D eigenvalue weighted by Gasteiger charge is 2.33. The monoisotopic (exact) mass is 602 g/mol. The fourth-order valence-corrected chi connectivity index (χ4v) is 9.27. The molecular weight excluding hydrogens is 579 g/mol. The van der Waals surface area contributed by atoms with E-state index < -0.39 is 42.0 Å². The van der Waals surface area contributed by atoms with Gasteiger partial charge >= 0.3 is 0 Å². The summed E-state index contributed by atoms with van der Waals surface area (Å²) in [5.74, 6) is -0.551. The molecule has 1 aliphatic rings. The van der Waals surface area contributed by atoms with Gasteiger partial charge in [0.2, 0.25) is 10.0 Å². The summed E-state index contributed by atoms with van der Waals surface area (Å²) in [4.78, 5) is -0.0125. The van der Waals surface area contributed by atoms with E-state index in [-0.39, 0.29) is 57.1 Å². The zero-order chi connectivity index (χ0) is 26.0. The molecule has 1 heterocycles. The molecule has 1 saturated heterocycles. The van der Waals surface area contributed by atoms with Crippen LogP contribution in [0.1, 0.15) is 26.2 Å². The zero-order valence-electron chi connectivity index (χ0n) is 18.7. The number of nitrogens with one attached hydrogen (secondary N) is 1. The summed E-state index contributed by atoms with van der Waals surface area (Å²) in [5, 5.41) is 0.818. The van der Waals surface area contributed by atoms with E-state index in [1.165, 1.54) is 42.5 Å². The molecule has 1 unspecified atom stereocenters. The Labute approximate surface area is 221 Å². The number of rotatable bonds is 10. The maximum Gasteiger partial charge on any atom is 0.264 e. The highest BCUT2D eigenvalue weighted by atomic mass is 35.5. The highest BCUT2D eigenvalue weighted by molar-refractivity contribution is 7.93. The normalized spacial score (nSPS) is 18.9. The molecular formula is C21H25Cl3N2O6S3. The third kappa shape index (κ3) is 7.47. The molecule has 1 N–H and O–H groups in total. The Morgan fingerprint density at radius 3 is 2.26 bits per heavy atom. The Morgan fingerprint density at radius 1 is 1.03 bits per heavy atom. The molecule has 14 heteroatoms. The molecule has 0 spiro atoms. The van der Waals surface area contributed by atoms with Crippen LogP contribution in [0.25, 0.3) is 0 Å². The molecule has 194 valence electrons. The van der Waals surface area contributed by atoms with Gasteiger partial charge in [0.15, 0.2) is 9.84 Å². The first-order chi connectivity index (χ1) is 16.2. The Kier molecular flexibility index (Phi) is 9.05. The first-order valence-corrected chi connectivity index (χ1v) is 16.7. The third-order valence-corrected chi connectivity index (χ3v) is 11.6. The van der Waals surface area contributed by atoms with Gasteiger partial charge < -0.3 is 0 Å². The quantitative estimate of drug-likeness (QED) is 0.437. The molecule has 1 aliphatic heterocycles. The molecule has 0 amide bonds. The number of sulfonamides is 2. The molecule has 0 bridgehead atoms. The first kappa shape index (κ1) is 28.5. The van der Waals surface area contributed by atoms with E-state index >= 15 is 0 Å². The average molecular weight is 604 g/mol. The van der Waals surface area contributed by atoms with Crippen molar-refractivity contribution in [1.82, 2.24) is 4.72 Å². The van der Waals surface area contributed by atoms with Crippen LogP contribution in [0, 0.1) is 0 Å². The maximum atomic E-state index is 13.6. The van der Waals surface area contributed by atoms with E-state index in [4.69, 9.17) is 34.8 Å². The van der Waals surface area contributed by atoms with Crippen LogP contribution in [0.2, 0.25) is 15.1 Å². The lowest BCUT2D eigenvalue weighted by Crippen LogP contribution is -2.40. The predicted octanol–water partition coefficient (Wildman–Crippen LogP) is 4.12. The van der Waals surface area contributed by atoms with Gasteiger partial charge in [-0.25, -0.2) is 30.0 Å². The fraction of sp³-hybridized carbons (Fsp3) is 0.429. The molecule has 2 atom stereocenters. The summed E-state index contributed by atoms with van der Waals surface area (Å²) < 4.78 is 78.9. The lowest BCUT2D eigenvalue weighted by atomic mass is 10.2. The molecule has 3 rings (SSSR count). The van der Waals surface area contributed by atoms with Gasteiger partial charge in [0.05, 0.1) is 32.9 Å². The van der Waals surface area contributed by atoms with Crippen molar-refractivity contribution in [2.45, 2.75) is 43.2 Å². The minimum atomic E-state index is -4.11. The van der Waals surface area contributed by atoms with E-state index in [2.05, 4.69) is 4.72 Å². The Hall–Kier alpha value is -1.08. The molecule has 8 nitrogen and oxygen atoms in total. The van der Waals surface area contributed by atoms with E-state index in [1.807, 2.05) is 0 Å². The summed E-state index contributed by atoms with van der Waals surface area (Å²) in [6.07, 6.45) is 0.540. The second kappa shape index (κ2) is 11.1. The third-order valence-electron chi connectivity index (χ3n) is 5.53. The Morgan fingerprint density at radius 2 is 1.66 bits per heavy atom. The summed E-state index contributed by atoms with van der Waals surface area (Å²) in [6, 6.07) is 8.79. The van der Waals surface area contributed by atoms with Crippen LogP contribution in [0.4, 0.5) is 5.69 Å². The van der Waals surface area contributed by atoms with Gasteiger partial charge in [-0.1, -0.05) is 34.8 Å². The molecule has 0 aliphatic carbocycles. The number of hydrogen-bond donors (Lipinski definition) is 1. The second-order valence-electron chi connectivity index (χ2n) is 8.38. The highest BCUT2D eigenvalue weighted by Crippen LogP contribution is 2.35. The molecule has 2 aromatic carbocycles. The molecule has 35 heavy (non-hydrogen) atoms. The molecule has 0 saturated carbocycles. The number of sulfone groups is 1. The lowest BCUT2D eigenvalue weighted by molar-refractivity contribution is 0.551. The molecule has 2 aromatic rings. The van der Waals surface area contributed by atoms with Crippen molar-refractivity contribution in [2.24, 2.45) is 0 Å². The largest absolute Gasteiger partial charge is 0.264 e. The van der Waals surface area contributed by atoms with Crippen LogP contribution in [0.3, 0.4) is 0 Å². The van der Waals surface area contributed by atoms with Gasteiger partial charge in [0, 0.05) is 22.1 Å². The van der Waals surface area contributed by atoms with Gasteiger partial charge in [-0.05, 0) is 68.7 Å². The molecule has 0 radical (unpaired) electrons. The van der Waals surface area contributed by atoms with Crippen LogP contribution < -0.4 is 9.03 Å². The average Bonchev–Trinajstić information content (AvgIpc) is 3.08. The summed E-state index contributed by atoms with van der Waals surface area (Å²) in [5.41, 5.74) is 0.166. The number of anilines is 1. The number of benzene rings is 2. The smallest absolute Gasteiger partial charge is 0.262 e. The van der Waals surface area contributed by atoms with E-state index in [0.717, 1.165) is 4.31 Å². The van der Waals surface area contributed by atoms with Crippen molar-refractivity contribution in [1.29, 1.82) is 0 Å². The van der Waals surface area contributed by atoms with Crippen LogP contribution >= 0.6 is 34.8 Å². The van der Waals surface area contributed by atoms with Gasteiger partial charge in [0.25, 0.3) is 10.0 Å². The van der Waals surface area contributed by atoms with Crippen LogP contribution in [0.5, 0.6) is 0 Å². The van der Waals surface area contributed by atoms with E-state index in [9.17, 15) is 25.3 Å². The van der Waals surface area contributed by atoms with Crippen molar-refractivity contribution in [3.63, 3.8) is 0 Å². The zero-order valence-corrected chi connectivity index (χ0v) is 23.4. The van der Waals surface area contributed by atoms with Crippen molar-refractivity contribution in [3.05, 3.63) is 57.5 Å². The number of hydrogen-bond acceptors (Lipinski definition) is 6. The van der Waals surface area contributed by atoms with Crippen molar-refractivity contribution < 1.29 is 25.3 Å². The SMILES string of the molecule is CC(CCCS(=O)(=O)N[C@@H]1CCS(=O)(=O)C1)N(c1cc(Cl)ccc1Cl)S(=O)(=O)c1ccc(Cl)cc1. The first-order valence-electron chi connectivity index (χ1n) is 10.7. The van der Waals surface area contributed by atoms with Gasteiger partial charge in [-0.3, -0.25) is 4.31 Å². The number of nitrogens with zero attached hydrogens (tertiary/aromatic N) is 1. The Balaban J connectivity index is 1.80. The lowest BCUT2D eigenvalue weighted by Gasteiger charge is -2.31. The second-order valence-corrected chi connectivity index (χ2v) is 15.6.